The Morgan fingerprint density at radius 2 is 2.28 bits per heavy atom. The number of halogens is 2. The van der Waals surface area contributed by atoms with Crippen LogP contribution in [0.4, 0.5) is 0 Å². The lowest BCUT2D eigenvalue weighted by Gasteiger charge is -2.35. The van der Waals surface area contributed by atoms with E-state index in [4.69, 9.17) is 16.3 Å². The van der Waals surface area contributed by atoms with Gasteiger partial charge in [0.2, 0.25) is 0 Å². The van der Waals surface area contributed by atoms with Crippen LogP contribution < -0.4 is 4.74 Å². The summed E-state index contributed by atoms with van der Waals surface area (Å²) in [5.74, 6) is 0.929. The predicted molar refractivity (Wildman–Crippen MR) is 79.8 cm³/mol. The molecule has 0 bridgehead atoms. The first kappa shape index (κ1) is 14.2. The highest BCUT2D eigenvalue weighted by atomic mass is 79.9. The van der Waals surface area contributed by atoms with Gasteiger partial charge in [0.25, 0.3) is 0 Å². The maximum Gasteiger partial charge on any atom is 0.123 e. The summed E-state index contributed by atoms with van der Waals surface area (Å²) in [6.45, 7) is 2.08. The van der Waals surface area contributed by atoms with Crippen LogP contribution in [0.1, 0.15) is 24.8 Å². The lowest BCUT2D eigenvalue weighted by molar-refractivity contribution is 0.155. The lowest BCUT2D eigenvalue weighted by Crippen LogP contribution is -2.40. The fourth-order valence-electron chi connectivity index (χ4n) is 2.53. The summed E-state index contributed by atoms with van der Waals surface area (Å²) in [4.78, 5) is 2.52. The number of hydrogen-bond donors (Lipinski definition) is 0. The van der Waals surface area contributed by atoms with Crippen molar-refractivity contribution in [3.63, 3.8) is 0 Å². The van der Waals surface area contributed by atoms with Crippen molar-refractivity contribution < 1.29 is 4.74 Å². The van der Waals surface area contributed by atoms with Crippen molar-refractivity contribution in [2.24, 2.45) is 0 Å². The van der Waals surface area contributed by atoms with E-state index in [0.29, 0.717) is 6.04 Å². The van der Waals surface area contributed by atoms with E-state index in [2.05, 4.69) is 20.8 Å². The average Bonchev–Trinajstić information content (AvgIpc) is 2.40. The molecule has 0 N–H and O–H groups in total. The Labute approximate surface area is 122 Å². The van der Waals surface area contributed by atoms with Crippen LogP contribution in [0.2, 0.25) is 5.02 Å². The first-order chi connectivity index (χ1) is 8.74. The predicted octanol–water partition coefficient (Wildman–Crippen LogP) is 4.10. The molecular formula is C14H19BrClNO. The molecule has 4 heteroatoms. The smallest absolute Gasteiger partial charge is 0.123 e. The third-order valence-electron chi connectivity index (χ3n) is 3.54. The van der Waals surface area contributed by atoms with Crippen LogP contribution in [0.15, 0.2) is 18.2 Å². The normalized spacial score (nSPS) is 20.9. The molecule has 0 aromatic heterocycles. The number of benzene rings is 1. The Morgan fingerprint density at radius 1 is 1.44 bits per heavy atom. The van der Waals surface area contributed by atoms with Gasteiger partial charge in [-0.3, -0.25) is 4.90 Å². The van der Waals surface area contributed by atoms with Gasteiger partial charge in [-0.25, -0.2) is 0 Å². The second-order valence-corrected chi connectivity index (χ2v) is 5.81. The quantitative estimate of drug-likeness (QED) is 0.770. The molecule has 0 aliphatic carbocycles. The van der Waals surface area contributed by atoms with Crippen molar-refractivity contribution in [2.75, 3.05) is 19.0 Å². The van der Waals surface area contributed by atoms with E-state index < -0.39 is 0 Å². The van der Waals surface area contributed by atoms with Crippen LogP contribution in [0.25, 0.3) is 0 Å². The summed E-state index contributed by atoms with van der Waals surface area (Å²) in [6, 6.07) is 6.47. The van der Waals surface area contributed by atoms with Gasteiger partial charge in [-0.05, 0) is 37.6 Å². The summed E-state index contributed by atoms with van der Waals surface area (Å²) in [5.41, 5.74) is 1.18. The first-order valence-corrected chi connectivity index (χ1v) is 7.87. The van der Waals surface area contributed by atoms with Crippen LogP contribution in [-0.4, -0.2) is 29.9 Å². The number of rotatable bonds is 4. The second kappa shape index (κ2) is 6.78. The van der Waals surface area contributed by atoms with Gasteiger partial charge in [-0.1, -0.05) is 34.0 Å². The molecule has 0 saturated carbocycles. The van der Waals surface area contributed by atoms with Crippen molar-refractivity contribution in [2.45, 2.75) is 31.8 Å². The molecule has 1 aliphatic heterocycles. The minimum atomic E-state index is 0.627. The van der Waals surface area contributed by atoms with Crippen LogP contribution >= 0.6 is 27.5 Å². The van der Waals surface area contributed by atoms with E-state index in [1.165, 1.54) is 24.8 Å². The van der Waals surface area contributed by atoms with Crippen LogP contribution in [0.5, 0.6) is 5.75 Å². The van der Waals surface area contributed by atoms with E-state index in [1.807, 2.05) is 18.2 Å². The fourth-order valence-corrected chi connectivity index (χ4v) is 3.46. The minimum absolute atomic E-state index is 0.627. The third kappa shape index (κ3) is 3.40. The number of likely N-dealkylation sites (tertiary alicyclic amines) is 1. The highest BCUT2D eigenvalue weighted by Gasteiger charge is 2.22. The van der Waals surface area contributed by atoms with Crippen LogP contribution in [0.3, 0.4) is 0 Å². The van der Waals surface area contributed by atoms with Crippen molar-refractivity contribution >= 4 is 27.5 Å². The zero-order valence-electron chi connectivity index (χ0n) is 10.7. The highest BCUT2D eigenvalue weighted by Crippen LogP contribution is 2.27. The minimum Gasteiger partial charge on any atom is -0.496 e. The monoisotopic (exact) mass is 331 g/mol. The molecule has 0 radical (unpaired) electrons. The average molecular weight is 333 g/mol. The largest absolute Gasteiger partial charge is 0.496 e. The Balaban J connectivity index is 2.14. The molecule has 1 saturated heterocycles. The van der Waals surface area contributed by atoms with Crippen LogP contribution in [0, 0.1) is 0 Å². The molecule has 100 valence electrons. The zero-order chi connectivity index (χ0) is 13.0. The molecule has 18 heavy (non-hydrogen) atoms. The molecule has 0 spiro atoms. The van der Waals surface area contributed by atoms with Gasteiger partial charge < -0.3 is 4.74 Å². The molecule has 1 unspecified atom stereocenters. The number of hydrogen-bond acceptors (Lipinski definition) is 2. The molecule has 1 atom stereocenters. The van der Waals surface area contributed by atoms with Gasteiger partial charge in [0.15, 0.2) is 0 Å². The third-order valence-corrected chi connectivity index (χ3v) is 4.53. The van der Waals surface area contributed by atoms with Gasteiger partial charge in [0, 0.05) is 28.5 Å². The molecule has 1 aliphatic rings. The summed E-state index contributed by atoms with van der Waals surface area (Å²) in [5, 5.41) is 1.81. The van der Waals surface area contributed by atoms with Crippen LogP contribution in [-0.2, 0) is 6.54 Å². The standard InChI is InChI=1S/C14H19BrClNO/c1-18-14-6-5-12(16)8-11(14)10-17-7-3-2-4-13(17)9-15/h5-6,8,13H,2-4,7,9-10H2,1H3. The van der Waals surface area contributed by atoms with Crippen molar-refractivity contribution in [1.29, 1.82) is 0 Å². The van der Waals surface area contributed by atoms with Crippen molar-refractivity contribution in [1.82, 2.24) is 4.90 Å². The highest BCUT2D eigenvalue weighted by molar-refractivity contribution is 9.09. The van der Waals surface area contributed by atoms with Gasteiger partial charge in [0.1, 0.15) is 5.75 Å². The molecular weight excluding hydrogens is 314 g/mol. The van der Waals surface area contributed by atoms with Crippen molar-refractivity contribution in [3.8, 4) is 5.75 Å². The molecule has 1 aromatic rings. The molecule has 1 heterocycles. The Kier molecular flexibility index (Phi) is 5.34. The van der Waals surface area contributed by atoms with Crippen molar-refractivity contribution in [3.05, 3.63) is 28.8 Å². The fraction of sp³-hybridized carbons (Fsp3) is 0.571. The maximum absolute atomic E-state index is 6.08. The number of ether oxygens (including phenoxy) is 1. The Hall–Kier alpha value is -0.250. The summed E-state index contributed by atoms with van der Waals surface area (Å²) in [6.07, 6.45) is 3.89. The summed E-state index contributed by atoms with van der Waals surface area (Å²) < 4.78 is 5.41. The molecule has 1 aromatic carbocycles. The second-order valence-electron chi connectivity index (χ2n) is 4.73. The van der Waals surface area contributed by atoms with E-state index in [9.17, 15) is 0 Å². The first-order valence-electron chi connectivity index (χ1n) is 6.37. The number of methoxy groups -OCH3 is 1. The van der Waals surface area contributed by atoms with Gasteiger partial charge in [-0.15, -0.1) is 0 Å². The lowest BCUT2D eigenvalue weighted by atomic mass is 10.0. The van der Waals surface area contributed by atoms with E-state index in [-0.39, 0.29) is 0 Å². The van der Waals surface area contributed by atoms with Gasteiger partial charge >= 0.3 is 0 Å². The summed E-state index contributed by atoms with van der Waals surface area (Å²) >= 11 is 9.69. The maximum atomic E-state index is 6.08. The topological polar surface area (TPSA) is 12.5 Å². The van der Waals surface area contributed by atoms with E-state index in [1.54, 1.807) is 7.11 Å². The molecule has 0 amide bonds. The number of piperidine rings is 1. The van der Waals surface area contributed by atoms with Gasteiger partial charge in [0.05, 0.1) is 7.11 Å². The molecule has 2 rings (SSSR count). The zero-order valence-corrected chi connectivity index (χ0v) is 13.0. The van der Waals surface area contributed by atoms with E-state index in [0.717, 1.165) is 29.2 Å². The SMILES string of the molecule is COc1ccc(Cl)cc1CN1CCCCC1CBr. The molecule has 1 fully saturated rings. The molecule has 2 nitrogen and oxygen atoms in total. The number of alkyl halides is 1. The van der Waals surface area contributed by atoms with E-state index >= 15 is 0 Å². The Bertz CT molecular complexity index is 399. The van der Waals surface area contributed by atoms with Gasteiger partial charge in [-0.2, -0.15) is 0 Å². The number of nitrogens with zero attached hydrogens (tertiary/aromatic N) is 1. The Morgan fingerprint density at radius 3 is 3.00 bits per heavy atom. The summed E-state index contributed by atoms with van der Waals surface area (Å²) in [7, 11) is 1.71.